The Morgan fingerprint density at radius 3 is 2.16 bits per heavy atom. The number of nitrogens with zero attached hydrogens (tertiary/aromatic N) is 1. The topological polar surface area (TPSA) is 32.3 Å². The molecule has 4 rings (SSSR count). The molecule has 3 aromatic rings. The second-order valence-electron chi connectivity index (χ2n) is 7.84. The molecule has 0 aliphatic carbocycles. The Kier molecular flexibility index (Phi) is 7.55. The quantitative estimate of drug-likeness (QED) is 0.414. The molecule has 5 heteroatoms. The number of carbonyl (C=O) groups excluding carboxylic acids is 1. The number of piperidine rings is 1. The van der Waals surface area contributed by atoms with Crippen LogP contribution < -0.4 is 10.2 Å². The first-order valence-corrected chi connectivity index (χ1v) is 12.1. The van der Waals surface area contributed by atoms with E-state index in [1.807, 2.05) is 48.5 Å². The Morgan fingerprint density at radius 2 is 1.48 bits per heavy atom. The van der Waals surface area contributed by atoms with E-state index in [2.05, 4.69) is 34.5 Å². The number of rotatable bonds is 7. The molecule has 0 unspecified atom stereocenters. The first-order chi connectivity index (χ1) is 15.2. The summed E-state index contributed by atoms with van der Waals surface area (Å²) in [6.45, 7) is 2.82. The third kappa shape index (κ3) is 6.28. The largest absolute Gasteiger partial charge is 0.372 e. The number of anilines is 1. The maximum absolute atomic E-state index is 12.5. The summed E-state index contributed by atoms with van der Waals surface area (Å²) < 4.78 is 0. The Labute approximate surface area is 193 Å². The minimum atomic E-state index is -0.0444. The van der Waals surface area contributed by atoms with Crippen molar-refractivity contribution in [2.24, 2.45) is 0 Å². The lowest BCUT2D eigenvalue weighted by atomic mass is 10.1. The standard InChI is InChI=1S/C26H27ClN2OS/c27-23-10-14-25(15-11-23)31-19-21-4-8-22(9-5-21)26(30)28-18-20-6-12-24(13-7-20)29-16-2-1-3-17-29/h4-15H,1-3,16-19H2,(H,28,30). The van der Waals surface area contributed by atoms with Crippen molar-refractivity contribution in [3.8, 4) is 0 Å². The molecule has 1 N–H and O–H groups in total. The molecule has 160 valence electrons. The van der Waals surface area contributed by atoms with Crippen molar-refractivity contribution >= 4 is 35.0 Å². The Bertz CT molecular complexity index is 981. The molecule has 0 radical (unpaired) electrons. The number of thioether (sulfide) groups is 1. The first-order valence-electron chi connectivity index (χ1n) is 10.8. The van der Waals surface area contributed by atoms with Gasteiger partial charge in [-0.15, -0.1) is 11.8 Å². The highest BCUT2D eigenvalue weighted by Gasteiger charge is 2.11. The molecule has 0 aromatic heterocycles. The SMILES string of the molecule is O=C(NCc1ccc(N2CCCCC2)cc1)c1ccc(CSc2ccc(Cl)cc2)cc1. The summed E-state index contributed by atoms with van der Waals surface area (Å²) >= 11 is 7.68. The maximum Gasteiger partial charge on any atom is 0.251 e. The van der Waals surface area contributed by atoms with Gasteiger partial charge in [0.2, 0.25) is 0 Å². The van der Waals surface area contributed by atoms with Crippen molar-refractivity contribution < 1.29 is 4.79 Å². The van der Waals surface area contributed by atoms with Gasteiger partial charge in [-0.1, -0.05) is 35.9 Å². The molecule has 3 nitrogen and oxygen atoms in total. The monoisotopic (exact) mass is 450 g/mol. The zero-order valence-electron chi connectivity index (χ0n) is 17.5. The predicted octanol–water partition coefficient (Wildman–Crippen LogP) is 6.55. The molecule has 1 fully saturated rings. The van der Waals surface area contributed by atoms with Crippen molar-refractivity contribution in [3.05, 3.63) is 94.5 Å². The highest BCUT2D eigenvalue weighted by molar-refractivity contribution is 7.98. The van der Waals surface area contributed by atoms with Crippen LogP contribution in [0.3, 0.4) is 0 Å². The fourth-order valence-electron chi connectivity index (χ4n) is 3.71. The zero-order chi connectivity index (χ0) is 21.5. The summed E-state index contributed by atoms with van der Waals surface area (Å²) in [6.07, 6.45) is 3.88. The van der Waals surface area contributed by atoms with Gasteiger partial charge in [0.15, 0.2) is 0 Å². The highest BCUT2D eigenvalue weighted by atomic mass is 35.5. The number of halogens is 1. The third-order valence-corrected chi connectivity index (χ3v) is 6.88. The average Bonchev–Trinajstić information content (AvgIpc) is 2.83. The lowest BCUT2D eigenvalue weighted by molar-refractivity contribution is 0.0951. The second kappa shape index (κ2) is 10.7. The average molecular weight is 451 g/mol. The van der Waals surface area contributed by atoms with Crippen LogP contribution in [0.15, 0.2) is 77.7 Å². The summed E-state index contributed by atoms with van der Waals surface area (Å²) in [4.78, 5) is 16.1. The molecule has 31 heavy (non-hydrogen) atoms. The predicted molar refractivity (Wildman–Crippen MR) is 131 cm³/mol. The van der Waals surface area contributed by atoms with Crippen LogP contribution in [0.1, 0.15) is 40.7 Å². The fourth-order valence-corrected chi connectivity index (χ4v) is 4.69. The van der Waals surface area contributed by atoms with E-state index in [-0.39, 0.29) is 5.91 Å². The van der Waals surface area contributed by atoms with E-state index in [0.717, 1.165) is 29.4 Å². The van der Waals surface area contributed by atoms with Gasteiger partial charge < -0.3 is 10.2 Å². The number of hydrogen-bond donors (Lipinski definition) is 1. The van der Waals surface area contributed by atoms with E-state index in [1.165, 1.54) is 35.4 Å². The normalized spacial score (nSPS) is 13.8. The Morgan fingerprint density at radius 1 is 0.839 bits per heavy atom. The number of benzene rings is 3. The molecular formula is C26H27ClN2OS. The minimum Gasteiger partial charge on any atom is -0.372 e. The molecule has 1 aliphatic rings. The molecule has 0 spiro atoms. The van der Waals surface area contributed by atoms with Gasteiger partial charge in [-0.3, -0.25) is 4.79 Å². The second-order valence-corrected chi connectivity index (χ2v) is 9.32. The summed E-state index contributed by atoms with van der Waals surface area (Å²) in [5.74, 6) is 0.810. The van der Waals surface area contributed by atoms with Gasteiger partial charge >= 0.3 is 0 Å². The van der Waals surface area contributed by atoms with E-state index < -0.39 is 0 Å². The molecule has 0 atom stereocenters. The highest BCUT2D eigenvalue weighted by Crippen LogP contribution is 2.24. The van der Waals surface area contributed by atoms with E-state index in [1.54, 1.807) is 11.8 Å². The van der Waals surface area contributed by atoms with Crippen LogP contribution >= 0.6 is 23.4 Å². The number of hydrogen-bond acceptors (Lipinski definition) is 3. The molecule has 1 amide bonds. The van der Waals surface area contributed by atoms with Crippen molar-refractivity contribution in [1.29, 1.82) is 0 Å². The van der Waals surface area contributed by atoms with Gasteiger partial charge in [0.25, 0.3) is 5.91 Å². The summed E-state index contributed by atoms with van der Waals surface area (Å²) in [7, 11) is 0. The van der Waals surface area contributed by atoms with Gasteiger partial charge in [-0.2, -0.15) is 0 Å². The molecule has 1 saturated heterocycles. The van der Waals surface area contributed by atoms with Crippen LogP contribution in [-0.4, -0.2) is 19.0 Å². The number of nitrogens with one attached hydrogen (secondary N) is 1. The molecule has 1 aliphatic heterocycles. The van der Waals surface area contributed by atoms with Crippen LogP contribution in [0.5, 0.6) is 0 Å². The van der Waals surface area contributed by atoms with Crippen LogP contribution in [0.25, 0.3) is 0 Å². The lowest BCUT2D eigenvalue weighted by Gasteiger charge is -2.28. The number of carbonyl (C=O) groups is 1. The van der Waals surface area contributed by atoms with Crippen molar-refractivity contribution in [3.63, 3.8) is 0 Å². The van der Waals surface area contributed by atoms with Crippen LogP contribution in [0.2, 0.25) is 5.02 Å². The first kappa shape index (κ1) is 21.8. The van der Waals surface area contributed by atoms with E-state index in [4.69, 9.17) is 11.6 Å². The molecule has 3 aromatic carbocycles. The smallest absolute Gasteiger partial charge is 0.251 e. The van der Waals surface area contributed by atoms with Crippen molar-refractivity contribution in [2.75, 3.05) is 18.0 Å². The van der Waals surface area contributed by atoms with Crippen molar-refractivity contribution in [2.45, 2.75) is 36.5 Å². The lowest BCUT2D eigenvalue weighted by Crippen LogP contribution is -2.29. The van der Waals surface area contributed by atoms with E-state index in [9.17, 15) is 4.79 Å². The van der Waals surface area contributed by atoms with Crippen LogP contribution in [0, 0.1) is 0 Å². The van der Waals surface area contributed by atoms with Crippen LogP contribution in [-0.2, 0) is 12.3 Å². The van der Waals surface area contributed by atoms with Gasteiger partial charge in [-0.25, -0.2) is 0 Å². The Hall–Kier alpha value is -2.43. The summed E-state index contributed by atoms with van der Waals surface area (Å²) in [5, 5.41) is 3.77. The zero-order valence-corrected chi connectivity index (χ0v) is 19.1. The number of amides is 1. The van der Waals surface area contributed by atoms with Gasteiger partial charge in [0.05, 0.1) is 0 Å². The van der Waals surface area contributed by atoms with Crippen molar-refractivity contribution in [1.82, 2.24) is 5.32 Å². The van der Waals surface area contributed by atoms with Gasteiger partial charge in [0, 0.05) is 46.6 Å². The van der Waals surface area contributed by atoms with E-state index >= 15 is 0 Å². The maximum atomic E-state index is 12.5. The van der Waals surface area contributed by atoms with Gasteiger partial charge in [-0.05, 0) is 78.9 Å². The summed E-state index contributed by atoms with van der Waals surface area (Å²) in [5.41, 5.74) is 4.27. The summed E-state index contributed by atoms with van der Waals surface area (Å²) in [6, 6.07) is 24.2. The van der Waals surface area contributed by atoms with Gasteiger partial charge in [0.1, 0.15) is 0 Å². The molecule has 1 heterocycles. The third-order valence-electron chi connectivity index (χ3n) is 5.55. The molecule has 0 bridgehead atoms. The Balaban J connectivity index is 1.26. The minimum absolute atomic E-state index is 0.0444. The molecule has 0 saturated carbocycles. The van der Waals surface area contributed by atoms with E-state index in [0.29, 0.717) is 12.1 Å². The molecular weight excluding hydrogens is 424 g/mol. The van der Waals surface area contributed by atoms with Crippen LogP contribution in [0.4, 0.5) is 5.69 Å². The fraction of sp³-hybridized carbons (Fsp3) is 0.269.